The summed E-state index contributed by atoms with van der Waals surface area (Å²) in [6.45, 7) is 1.89. The Morgan fingerprint density at radius 1 is 1.00 bits per heavy atom. The molecule has 0 bridgehead atoms. The van der Waals surface area contributed by atoms with Gasteiger partial charge in [0.15, 0.2) is 0 Å². The Morgan fingerprint density at radius 3 is 1.92 bits per heavy atom. The van der Waals surface area contributed by atoms with E-state index >= 15 is 0 Å². The summed E-state index contributed by atoms with van der Waals surface area (Å²) in [6, 6.07) is 0. The van der Waals surface area contributed by atoms with Crippen molar-refractivity contribution in [1.82, 2.24) is 0 Å². The van der Waals surface area contributed by atoms with Crippen molar-refractivity contribution in [3.8, 4) is 0 Å². The summed E-state index contributed by atoms with van der Waals surface area (Å²) < 4.78 is 48.3. The third kappa shape index (κ3) is 4.45. The van der Waals surface area contributed by atoms with E-state index in [4.69, 9.17) is 5.11 Å². The SMILES string of the molecule is CCCCCCC(F)(F)C(O)(F)F. The zero-order valence-corrected chi connectivity index (χ0v) is 7.49. The zero-order valence-electron chi connectivity index (χ0n) is 7.49. The van der Waals surface area contributed by atoms with E-state index in [-0.39, 0.29) is 6.42 Å². The second-order valence-electron chi connectivity index (χ2n) is 3.06. The number of halogens is 4. The van der Waals surface area contributed by atoms with Gasteiger partial charge < -0.3 is 5.11 Å². The minimum absolute atomic E-state index is 0.0109. The molecule has 0 aliphatic rings. The van der Waals surface area contributed by atoms with Gasteiger partial charge in [-0.15, -0.1) is 0 Å². The fraction of sp³-hybridized carbons (Fsp3) is 1.00. The van der Waals surface area contributed by atoms with E-state index < -0.39 is 18.5 Å². The van der Waals surface area contributed by atoms with Crippen molar-refractivity contribution in [1.29, 1.82) is 0 Å². The van der Waals surface area contributed by atoms with Gasteiger partial charge in [-0.3, -0.25) is 0 Å². The van der Waals surface area contributed by atoms with Crippen molar-refractivity contribution in [2.45, 2.75) is 51.1 Å². The lowest BCUT2D eigenvalue weighted by atomic mass is 10.1. The van der Waals surface area contributed by atoms with Gasteiger partial charge in [0.2, 0.25) is 0 Å². The van der Waals surface area contributed by atoms with Crippen molar-refractivity contribution in [3.05, 3.63) is 0 Å². The van der Waals surface area contributed by atoms with Gasteiger partial charge in [-0.05, 0) is 6.42 Å². The minimum atomic E-state index is -4.89. The van der Waals surface area contributed by atoms with Crippen LogP contribution in [0.5, 0.6) is 0 Å². The summed E-state index contributed by atoms with van der Waals surface area (Å²) >= 11 is 0. The molecular weight excluding hydrogens is 188 g/mol. The molecule has 1 nitrogen and oxygen atoms in total. The maximum Gasteiger partial charge on any atom is 0.416 e. The first kappa shape index (κ1) is 12.7. The average Bonchev–Trinajstić information content (AvgIpc) is 1.96. The van der Waals surface area contributed by atoms with Crippen LogP contribution in [0.1, 0.15) is 39.0 Å². The monoisotopic (exact) mass is 202 g/mol. The van der Waals surface area contributed by atoms with Gasteiger partial charge in [0.05, 0.1) is 0 Å². The lowest BCUT2D eigenvalue weighted by Crippen LogP contribution is -2.39. The van der Waals surface area contributed by atoms with Crippen LogP contribution in [0.4, 0.5) is 17.6 Å². The lowest BCUT2D eigenvalue weighted by molar-refractivity contribution is -0.327. The van der Waals surface area contributed by atoms with Crippen molar-refractivity contribution in [2.24, 2.45) is 0 Å². The van der Waals surface area contributed by atoms with Crippen molar-refractivity contribution in [3.63, 3.8) is 0 Å². The zero-order chi connectivity index (χ0) is 10.5. The molecule has 0 aliphatic carbocycles. The van der Waals surface area contributed by atoms with Gasteiger partial charge in [-0.25, -0.2) is 0 Å². The first-order valence-electron chi connectivity index (χ1n) is 4.29. The molecule has 0 fully saturated rings. The average molecular weight is 202 g/mol. The highest BCUT2D eigenvalue weighted by Gasteiger charge is 2.54. The summed E-state index contributed by atoms with van der Waals surface area (Å²) in [6.07, 6.45) is -3.76. The molecule has 0 rings (SSSR count). The Labute approximate surface area is 74.8 Å². The molecule has 80 valence electrons. The van der Waals surface area contributed by atoms with Crippen molar-refractivity contribution < 1.29 is 22.7 Å². The highest BCUT2D eigenvalue weighted by atomic mass is 19.3. The molecule has 0 unspecified atom stereocenters. The number of hydrogen-bond donors (Lipinski definition) is 1. The molecular formula is C8H14F4O. The quantitative estimate of drug-likeness (QED) is 0.518. The molecule has 1 N–H and O–H groups in total. The maximum absolute atomic E-state index is 12.4. The Hall–Kier alpha value is -0.320. The van der Waals surface area contributed by atoms with E-state index in [2.05, 4.69) is 0 Å². The van der Waals surface area contributed by atoms with Crippen LogP contribution in [0.2, 0.25) is 0 Å². The minimum Gasteiger partial charge on any atom is -0.332 e. The van der Waals surface area contributed by atoms with Gasteiger partial charge in [-0.1, -0.05) is 26.2 Å². The first-order chi connectivity index (χ1) is 5.81. The normalized spacial score (nSPS) is 13.4. The molecule has 0 saturated heterocycles. The predicted octanol–water partition coefficient (Wildman–Crippen LogP) is 3.18. The van der Waals surface area contributed by atoms with Crippen molar-refractivity contribution >= 4 is 0 Å². The van der Waals surface area contributed by atoms with E-state index in [1.165, 1.54) is 0 Å². The van der Waals surface area contributed by atoms with E-state index in [1.807, 2.05) is 6.92 Å². The Morgan fingerprint density at radius 2 is 1.54 bits per heavy atom. The van der Waals surface area contributed by atoms with Crippen LogP contribution in [0.25, 0.3) is 0 Å². The van der Waals surface area contributed by atoms with Crippen LogP contribution >= 0.6 is 0 Å². The summed E-state index contributed by atoms with van der Waals surface area (Å²) in [7, 11) is 0. The van der Waals surface area contributed by atoms with Crippen LogP contribution in [-0.2, 0) is 0 Å². The summed E-state index contributed by atoms with van der Waals surface area (Å²) in [5.74, 6) is -4.29. The first-order valence-corrected chi connectivity index (χ1v) is 4.29. The smallest absolute Gasteiger partial charge is 0.332 e. The molecule has 13 heavy (non-hydrogen) atoms. The van der Waals surface area contributed by atoms with Gasteiger partial charge in [0.1, 0.15) is 0 Å². The molecule has 0 radical (unpaired) electrons. The van der Waals surface area contributed by atoms with E-state index in [9.17, 15) is 17.6 Å². The maximum atomic E-state index is 12.4. The number of rotatable bonds is 6. The van der Waals surface area contributed by atoms with Crippen molar-refractivity contribution in [2.75, 3.05) is 0 Å². The predicted molar refractivity (Wildman–Crippen MR) is 40.9 cm³/mol. The molecule has 0 aromatic rings. The number of aliphatic hydroxyl groups is 1. The van der Waals surface area contributed by atoms with Gasteiger partial charge in [0, 0.05) is 6.42 Å². The van der Waals surface area contributed by atoms with Crippen LogP contribution in [0, 0.1) is 0 Å². The fourth-order valence-electron chi connectivity index (χ4n) is 0.924. The lowest BCUT2D eigenvalue weighted by Gasteiger charge is -2.20. The molecule has 0 heterocycles. The third-order valence-corrected chi connectivity index (χ3v) is 1.78. The molecule has 0 aromatic heterocycles. The largest absolute Gasteiger partial charge is 0.416 e. The molecule has 0 spiro atoms. The topological polar surface area (TPSA) is 20.2 Å². The van der Waals surface area contributed by atoms with Gasteiger partial charge in [0.25, 0.3) is 0 Å². The molecule has 0 atom stereocenters. The van der Waals surface area contributed by atoms with E-state index in [0.717, 1.165) is 12.8 Å². The van der Waals surface area contributed by atoms with E-state index in [1.54, 1.807) is 0 Å². The Bertz CT molecular complexity index is 142. The van der Waals surface area contributed by atoms with Crippen LogP contribution in [-0.4, -0.2) is 17.1 Å². The third-order valence-electron chi connectivity index (χ3n) is 1.78. The van der Waals surface area contributed by atoms with Gasteiger partial charge >= 0.3 is 12.0 Å². The molecule has 0 aromatic carbocycles. The fourth-order valence-corrected chi connectivity index (χ4v) is 0.924. The summed E-state index contributed by atoms with van der Waals surface area (Å²) in [4.78, 5) is 0. The number of hydrogen-bond acceptors (Lipinski definition) is 1. The summed E-state index contributed by atoms with van der Waals surface area (Å²) in [5.41, 5.74) is 0. The molecule has 0 saturated carbocycles. The molecule has 0 amide bonds. The second-order valence-corrected chi connectivity index (χ2v) is 3.06. The Balaban J connectivity index is 3.77. The Kier molecular flexibility index (Phi) is 4.67. The highest BCUT2D eigenvalue weighted by molar-refractivity contribution is 4.74. The highest BCUT2D eigenvalue weighted by Crippen LogP contribution is 2.35. The second kappa shape index (κ2) is 4.79. The van der Waals surface area contributed by atoms with Gasteiger partial charge in [-0.2, -0.15) is 17.6 Å². The molecule has 0 aliphatic heterocycles. The van der Waals surface area contributed by atoms with E-state index in [0.29, 0.717) is 6.42 Å². The van der Waals surface area contributed by atoms with Crippen LogP contribution in [0.15, 0.2) is 0 Å². The van der Waals surface area contributed by atoms with Crippen LogP contribution < -0.4 is 0 Å². The van der Waals surface area contributed by atoms with Crippen LogP contribution in [0.3, 0.4) is 0 Å². The standard InChI is InChI=1S/C8H14F4O/c1-2-3-4-5-6-7(9,10)8(11,12)13/h13H,2-6H2,1H3. The number of alkyl halides is 4. The summed E-state index contributed by atoms with van der Waals surface area (Å²) in [5, 5.41) is 7.82. The number of unbranched alkanes of at least 4 members (excludes halogenated alkanes) is 3. The molecule has 5 heteroatoms.